The molecule has 0 aliphatic carbocycles. The van der Waals surface area contributed by atoms with E-state index < -0.39 is 19.7 Å². The number of benzene rings is 2. The largest absolute Gasteiger partial charge is 0.497 e. The molecular weight excluding hydrogens is 393 g/mol. The van der Waals surface area contributed by atoms with Crippen molar-refractivity contribution >= 4 is 14.0 Å². The number of carboxylic acid groups (broad SMARTS) is 1. The fourth-order valence-electron chi connectivity index (χ4n) is 3.54. The summed E-state index contributed by atoms with van der Waals surface area (Å²) in [5, 5.41) is 12.5. The molecule has 1 heterocycles. The van der Waals surface area contributed by atoms with Crippen LogP contribution < -0.4 is 10.1 Å². The van der Waals surface area contributed by atoms with Crippen LogP contribution in [0.2, 0.25) is 0 Å². The molecule has 7 nitrogen and oxygen atoms in total. The number of nitrogens with one attached hydrogen (secondary N) is 1. The molecule has 3 N–H and O–H groups in total. The SMILES string of the molecule is COc1ccc(CC([C@@H]2CN[C@H](Cc3cccc(C(=O)O)c3)CO2)[PH](=O)O)cc1. The summed E-state index contributed by atoms with van der Waals surface area (Å²) in [5.41, 5.74) is 1.65. The van der Waals surface area contributed by atoms with Crippen LogP contribution in [0, 0.1) is 0 Å². The molecule has 0 bridgehead atoms. The maximum absolute atomic E-state index is 12.0. The maximum Gasteiger partial charge on any atom is 0.335 e. The molecule has 2 aromatic carbocycles. The Kier molecular flexibility index (Phi) is 7.45. The summed E-state index contributed by atoms with van der Waals surface area (Å²) in [6.07, 6.45) is 0.733. The molecule has 0 aromatic heterocycles. The molecule has 2 unspecified atom stereocenters. The zero-order valence-electron chi connectivity index (χ0n) is 16.2. The minimum Gasteiger partial charge on any atom is -0.497 e. The number of aromatic carboxylic acids is 1. The smallest absolute Gasteiger partial charge is 0.335 e. The van der Waals surface area contributed by atoms with Crippen LogP contribution in [0.5, 0.6) is 5.75 Å². The van der Waals surface area contributed by atoms with Crippen LogP contribution >= 0.6 is 8.03 Å². The normalized spacial score (nSPS) is 21.3. The highest BCUT2D eigenvalue weighted by molar-refractivity contribution is 7.39. The number of rotatable bonds is 8. The van der Waals surface area contributed by atoms with E-state index in [0.29, 0.717) is 26.0 Å². The molecule has 1 aliphatic heterocycles. The van der Waals surface area contributed by atoms with Gasteiger partial charge in [0.05, 0.1) is 31.0 Å². The first kappa shape index (κ1) is 21.5. The highest BCUT2D eigenvalue weighted by Crippen LogP contribution is 2.31. The van der Waals surface area contributed by atoms with Gasteiger partial charge in [0, 0.05) is 12.6 Å². The van der Waals surface area contributed by atoms with Gasteiger partial charge in [0.2, 0.25) is 0 Å². The van der Waals surface area contributed by atoms with E-state index in [4.69, 9.17) is 14.6 Å². The van der Waals surface area contributed by atoms with Gasteiger partial charge in [-0.15, -0.1) is 0 Å². The summed E-state index contributed by atoms with van der Waals surface area (Å²) in [6, 6.07) is 14.3. The third-order valence-corrected chi connectivity index (χ3v) is 6.37. The summed E-state index contributed by atoms with van der Waals surface area (Å²) >= 11 is 0. The minimum absolute atomic E-state index is 0.0259. The zero-order chi connectivity index (χ0) is 20.8. The molecule has 4 atom stereocenters. The Labute approximate surface area is 170 Å². The Morgan fingerprint density at radius 2 is 2.03 bits per heavy atom. The summed E-state index contributed by atoms with van der Waals surface area (Å²) < 4.78 is 23.1. The van der Waals surface area contributed by atoms with E-state index >= 15 is 0 Å². The topological polar surface area (TPSA) is 105 Å². The summed E-state index contributed by atoms with van der Waals surface area (Å²) in [6.45, 7) is 0.872. The Hall–Kier alpha value is -2.18. The van der Waals surface area contributed by atoms with E-state index in [-0.39, 0.29) is 17.7 Å². The molecule has 156 valence electrons. The first-order valence-electron chi connectivity index (χ1n) is 9.49. The summed E-state index contributed by atoms with van der Waals surface area (Å²) in [4.78, 5) is 21.0. The average Bonchev–Trinajstić information content (AvgIpc) is 2.73. The van der Waals surface area contributed by atoms with Gasteiger partial charge in [-0.2, -0.15) is 0 Å². The second-order valence-electron chi connectivity index (χ2n) is 7.18. The number of hydrogen-bond acceptors (Lipinski definition) is 5. The maximum atomic E-state index is 12.0. The second-order valence-corrected chi connectivity index (χ2v) is 8.60. The first-order valence-corrected chi connectivity index (χ1v) is 10.9. The lowest BCUT2D eigenvalue weighted by molar-refractivity contribution is 0.00137. The van der Waals surface area contributed by atoms with Crippen molar-refractivity contribution in [1.29, 1.82) is 0 Å². The van der Waals surface area contributed by atoms with Gasteiger partial charge in [0.1, 0.15) is 5.75 Å². The van der Waals surface area contributed by atoms with Crippen molar-refractivity contribution in [3.63, 3.8) is 0 Å². The predicted molar refractivity (Wildman–Crippen MR) is 110 cm³/mol. The van der Waals surface area contributed by atoms with E-state index in [2.05, 4.69) is 5.32 Å². The van der Waals surface area contributed by atoms with E-state index in [1.807, 2.05) is 30.3 Å². The van der Waals surface area contributed by atoms with Gasteiger partial charge in [-0.1, -0.05) is 24.3 Å². The van der Waals surface area contributed by atoms with E-state index in [0.717, 1.165) is 16.9 Å². The van der Waals surface area contributed by atoms with Crippen molar-refractivity contribution in [3.05, 3.63) is 65.2 Å². The number of ether oxygens (including phenoxy) is 2. The fourth-order valence-corrected chi connectivity index (χ4v) is 4.48. The Bertz CT molecular complexity index is 849. The number of methoxy groups -OCH3 is 1. The third-order valence-electron chi connectivity index (χ3n) is 5.16. The van der Waals surface area contributed by atoms with E-state index in [9.17, 15) is 14.3 Å². The Morgan fingerprint density at radius 3 is 2.62 bits per heavy atom. The molecule has 2 aromatic rings. The zero-order valence-corrected chi connectivity index (χ0v) is 17.2. The molecule has 8 heteroatoms. The third kappa shape index (κ3) is 5.90. The molecule has 1 saturated heterocycles. The number of carbonyl (C=O) groups is 1. The molecular formula is C21H26NO6P. The lowest BCUT2D eigenvalue weighted by Gasteiger charge is -2.34. The molecule has 0 saturated carbocycles. The minimum atomic E-state index is -2.79. The van der Waals surface area contributed by atoms with Gasteiger partial charge in [-0.25, -0.2) is 4.79 Å². The molecule has 3 rings (SSSR count). The highest BCUT2D eigenvalue weighted by Gasteiger charge is 2.31. The Balaban J connectivity index is 1.57. The highest BCUT2D eigenvalue weighted by atomic mass is 31.1. The van der Waals surface area contributed by atoms with Gasteiger partial charge in [0.15, 0.2) is 8.03 Å². The van der Waals surface area contributed by atoms with Crippen molar-refractivity contribution in [2.24, 2.45) is 0 Å². The van der Waals surface area contributed by atoms with E-state index in [1.54, 1.807) is 25.3 Å². The van der Waals surface area contributed by atoms with Crippen LogP contribution in [0.25, 0.3) is 0 Å². The monoisotopic (exact) mass is 419 g/mol. The molecule has 0 spiro atoms. The average molecular weight is 419 g/mol. The molecule has 0 amide bonds. The second kappa shape index (κ2) is 10.0. The lowest BCUT2D eigenvalue weighted by atomic mass is 10.0. The van der Waals surface area contributed by atoms with Crippen molar-refractivity contribution < 1.29 is 28.8 Å². The van der Waals surface area contributed by atoms with Crippen molar-refractivity contribution in [1.82, 2.24) is 5.32 Å². The summed E-state index contributed by atoms with van der Waals surface area (Å²) in [5.74, 6) is -0.207. The van der Waals surface area contributed by atoms with Crippen LogP contribution in [0.3, 0.4) is 0 Å². The number of morpholine rings is 1. The van der Waals surface area contributed by atoms with Crippen LogP contribution in [-0.2, 0) is 22.1 Å². The van der Waals surface area contributed by atoms with Crippen LogP contribution in [0.1, 0.15) is 21.5 Å². The summed E-state index contributed by atoms with van der Waals surface area (Å²) in [7, 11) is -1.19. The molecule has 1 aliphatic rings. The standard InChI is InChI=1S/C21H26NO6P/c1-27-18-7-5-14(6-8-18)11-20(29(25)26)19-12-22-17(13-28-19)10-15-3-2-4-16(9-15)21(23)24/h2-9,17,19-20,22,29H,10-13H2,1H3,(H,23,24)(H,25,26)/t17-,19+,20?/m1/s1. The fraction of sp³-hybridized carbons (Fsp3) is 0.381. The van der Waals surface area contributed by atoms with Crippen molar-refractivity contribution in [2.45, 2.75) is 30.6 Å². The molecule has 29 heavy (non-hydrogen) atoms. The van der Waals surface area contributed by atoms with Crippen molar-refractivity contribution in [2.75, 3.05) is 20.3 Å². The first-order chi connectivity index (χ1) is 14.0. The predicted octanol–water partition coefficient (Wildman–Crippen LogP) is 2.37. The Morgan fingerprint density at radius 1 is 1.28 bits per heavy atom. The van der Waals surface area contributed by atoms with Gasteiger partial charge < -0.3 is 24.8 Å². The van der Waals surface area contributed by atoms with Crippen LogP contribution in [-0.4, -0.2) is 54.0 Å². The van der Waals surface area contributed by atoms with Gasteiger partial charge in [-0.3, -0.25) is 4.57 Å². The van der Waals surface area contributed by atoms with E-state index in [1.165, 1.54) is 0 Å². The van der Waals surface area contributed by atoms with Crippen molar-refractivity contribution in [3.8, 4) is 5.75 Å². The number of hydrogen-bond donors (Lipinski definition) is 3. The number of carboxylic acids is 1. The lowest BCUT2D eigenvalue weighted by Crippen LogP contribution is -2.51. The molecule has 1 fully saturated rings. The van der Waals surface area contributed by atoms with Gasteiger partial charge in [0.25, 0.3) is 0 Å². The van der Waals surface area contributed by atoms with Gasteiger partial charge >= 0.3 is 5.97 Å². The quantitative estimate of drug-likeness (QED) is 0.564. The van der Waals surface area contributed by atoms with Crippen LogP contribution in [0.15, 0.2) is 48.5 Å². The molecule has 0 radical (unpaired) electrons. The van der Waals surface area contributed by atoms with Crippen LogP contribution in [0.4, 0.5) is 0 Å². The van der Waals surface area contributed by atoms with Gasteiger partial charge in [-0.05, 0) is 48.2 Å².